The maximum absolute atomic E-state index is 12.5. The van der Waals surface area contributed by atoms with Crippen LogP contribution in [0, 0.1) is 0 Å². The summed E-state index contributed by atoms with van der Waals surface area (Å²) in [5.41, 5.74) is 8.25. The van der Waals surface area contributed by atoms with E-state index in [4.69, 9.17) is 10.5 Å². The Kier molecular flexibility index (Phi) is 4.69. The van der Waals surface area contributed by atoms with Crippen molar-refractivity contribution in [3.63, 3.8) is 0 Å². The number of hydrogen-bond donors (Lipinski definition) is 1. The number of pyridine rings is 1. The summed E-state index contributed by atoms with van der Waals surface area (Å²) in [6.07, 6.45) is 1.58. The number of aromatic nitrogens is 1. The summed E-state index contributed by atoms with van der Waals surface area (Å²) in [4.78, 5) is 21.1. The van der Waals surface area contributed by atoms with Gasteiger partial charge in [0, 0.05) is 48.1 Å². The highest BCUT2D eigenvalue weighted by Gasteiger charge is 2.35. The highest BCUT2D eigenvalue weighted by atomic mass is 16.6. The minimum atomic E-state index is -0.490. The zero-order valence-corrected chi connectivity index (χ0v) is 16.2. The number of piperazine rings is 1. The molecule has 1 fully saturated rings. The molecule has 1 aromatic carbocycles. The number of nitrogens with zero attached hydrogens (tertiary/aromatic N) is 3. The summed E-state index contributed by atoms with van der Waals surface area (Å²) in [7, 11) is 0. The zero-order chi connectivity index (χ0) is 19.1. The summed E-state index contributed by atoms with van der Waals surface area (Å²) in [6.45, 7) is 11.2. The van der Waals surface area contributed by atoms with Crippen LogP contribution in [-0.4, -0.2) is 46.8 Å². The van der Waals surface area contributed by atoms with Gasteiger partial charge in [-0.2, -0.15) is 0 Å². The molecule has 6 heteroatoms. The summed E-state index contributed by atoms with van der Waals surface area (Å²) >= 11 is 0. The van der Waals surface area contributed by atoms with Crippen LogP contribution in [0.2, 0.25) is 0 Å². The molecule has 1 aromatic heterocycles. The molecule has 0 saturated carbocycles. The first kappa shape index (κ1) is 18.3. The molecule has 0 radical (unpaired) electrons. The number of anilines is 2. The largest absolute Gasteiger partial charge is 0.444 e. The molecule has 2 N–H and O–H groups in total. The molecule has 26 heavy (non-hydrogen) atoms. The Balaban J connectivity index is 1.87. The first-order chi connectivity index (χ1) is 12.2. The number of ether oxygens (including phenoxy) is 1. The fraction of sp³-hybridized carbons (Fsp3) is 0.500. The van der Waals surface area contributed by atoms with E-state index >= 15 is 0 Å². The molecular weight excluding hydrogens is 328 g/mol. The van der Waals surface area contributed by atoms with Crippen molar-refractivity contribution in [2.75, 3.05) is 23.7 Å². The molecule has 0 unspecified atom stereocenters. The predicted octanol–water partition coefficient (Wildman–Crippen LogP) is 3.65. The Bertz CT molecular complexity index is 815. The summed E-state index contributed by atoms with van der Waals surface area (Å²) < 4.78 is 5.56. The van der Waals surface area contributed by atoms with Crippen LogP contribution in [0.5, 0.6) is 0 Å². The Morgan fingerprint density at radius 3 is 2.62 bits per heavy atom. The van der Waals surface area contributed by atoms with E-state index in [1.54, 1.807) is 0 Å². The van der Waals surface area contributed by atoms with E-state index in [1.807, 2.05) is 56.1 Å². The van der Waals surface area contributed by atoms with Crippen molar-refractivity contribution in [2.24, 2.45) is 0 Å². The molecule has 6 nitrogen and oxygen atoms in total. The third kappa shape index (κ3) is 3.69. The normalized spacial score (nSPS) is 21.1. The molecule has 0 bridgehead atoms. The van der Waals surface area contributed by atoms with Crippen molar-refractivity contribution in [1.82, 2.24) is 9.88 Å². The lowest BCUT2D eigenvalue weighted by Crippen LogP contribution is -2.59. The zero-order valence-electron chi connectivity index (χ0n) is 16.2. The second kappa shape index (κ2) is 6.67. The molecule has 1 amide bonds. The maximum atomic E-state index is 12.5. The van der Waals surface area contributed by atoms with Crippen molar-refractivity contribution >= 4 is 28.4 Å². The molecule has 1 aliphatic rings. The fourth-order valence-corrected chi connectivity index (χ4v) is 3.44. The molecule has 1 aliphatic heterocycles. The SMILES string of the molecule is C[C@@H]1CN(c2ccnc3ccc(N)cc23)[C@@H](C)CN1C(=O)OC(C)(C)C. The summed E-state index contributed by atoms with van der Waals surface area (Å²) in [5.74, 6) is 0. The fourth-order valence-electron chi connectivity index (χ4n) is 3.44. The topological polar surface area (TPSA) is 71.7 Å². The van der Waals surface area contributed by atoms with Gasteiger partial charge < -0.3 is 20.3 Å². The third-order valence-corrected chi connectivity index (χ3v) is 4.67. The van der Waals surface area contributed by atoms with Crippen LogP contribution in [0.4, 0.5) is 16.2 Å². The van der Waals surface area contributed by atoms with Crippen molar-refractivity contribution in [2.45, 2.75) is 52.3 Å². The van der Waals surface area contributed by atoms with Gasteiger partial charge in [-0.1, -0.05) is 0 Å². The van der Waals surface area contributed by atoms with Gasteiger partial charge >= 0.3 is 6.09 Å². The van der Waals surface area contributed by atoms with Crippen LogP contribution >= 0.6 is 0 Å². The van der Waals surface area contributed by atoms with Crippen LogP contribution in [0.1, 0.15) is 34.6 Å². The van der Waals surface area contributed by atoms with Gasteiger partial charge in [-0.15, -0.1) is 0 Å². The first-order valence-corrected chi connectivity index (χ1v) is 9.06. The van der Waals surface area contributed by atoms with E-state index in [1.165, 1.54) is 0 Å². The van der Waals surface area contributed by atoms with Gasteiger partial charge in [-0.25, -0.2) is 4.79 Å². The van der Waals surface area contributed by atoms with Gasteiger partial charge in [0.2, 0.25) is 0 Å². The lowest BCUT2D eigenvalue weighted by Gasteiger charge is -2.45. The Labute approximate surface area is 154 Å². The van der Waals surface area contributed by atoms with Crippen LogP contribution in [0.15, 0.2) is 30.5 Å². The number of nitrogens with two attached hydrogens (primary N) is 1. The Morgan fingerprint density at radius 1 is 1.19 bits per heavy atom. The number of amides is 1. The van der Waals surface area contributed by atoms with Crippen LogP contribution in [0.3, 0.4) is 0 Å². The maximum Gasteiger partial charge on any atom is 0.410 e. The van der Waals surface area contributed by atoms with E-state index in [2.05, 4.69) is 23.7 Å². The minimum absolute atomic E-state index is 0.0466. The number of nitrogen functional groups attached to an aromatic ring is 1. The lowest BCUT2D eigenvalue weighted by atomic mass is 10.1. The molecule has 1 saturated heterocycles. The van der Waals surface area contributed by atoms with E-state index in [9.17, 15) is 4.79 Å². The van der Waals surface area contributed by atoms with Crippen molar-refractivity contribution in [3.8, 4) is 0 Å². The smallest absolute Gasteiger partial charge is 0.410 e. The molecule has 3 rings (SSSR count). The average Bonchev–Trinajstić information content (AvgIpc) is 2.54. The molecule has 2 heterocycles. The monoisotopic (exact) mass is 356 g/mol. The van der Waals surface area contributed by atoms with Gasteiger partial charge in [-0.05, 0) is 58.9 Å². The average molecular weight is 356 g/mol. The van der Waals surface area contributed by atoms with Crippen LogP contribution in [0.25, 0.3) is 10.9 Å². The summed E-state index contributed by atoms with van der Waals surface area (Å²) in [6, 6.07) is 8.00. The Hall–Kier alpha value is -2.50. The number of fused-ring (bicyclic) bond motifs is 1. The molecule has 2 atom stereocenters. The van der Waals surface area contributed by atoms with Gasteiger partial charge in [0.25, 0.3) is 0 Å². The molecule has 0 aliphatic carbocycles. The van der Waals surface area contributed by atoms with E-state index in [-0.39, 0.29) is 18.2 Å². The number of hydrogen-bond acceptors (Lipinski definition) is 5. The van der Waals surface area contributed by atoms with Crippen molar-refractivity contribution in [3.05, 3.63) is 30.5 Å². The van der Waals surface area contributed by atoms with Crippen LogP contribution in [-0.2, 0) is 4.74 Å². The number of rotatable bonds is 1. The molecule has 140 valence electrons. The van der Waals surface area contributed by atoms with Gasteiger partial charge in [0.15, 0.2) is 0 Å². The molecule has 0 spiro atoms. The van der Waals surface area contributed by atoms with Gasteiger partial charge in [0.05, 0.1) is 5.52 Å². The number of carbonyl (C=O) groups is 1. The number of benzene rings is 1. The quantitative estimate of drug-likeness (QED) is 0.790. The lowest BCUT2D eigenvalue weighted by molar-refractivity contribution is 0.0130. The van der Waals surface area contributed by atoms with E-state index in [0.29, 0.717) is 6.54 Å². The second-order valence-corrected chi connectivity index (χ2v) is 8.09. The second-order valence-electron chi connectivity index (χ2n) is 8.09. The molecule has 2 aromatic rings. The van der Waals surface area contributed by atoms with Gasteiger partial charge in [0.1, 0.15) is 5.60 Å². The highest BCUT2D eigenvalue weighted by Crippen LogP contribution is 2.31. The summed E-state index contributed by atoms with van der Waals surface area (Å²) in [5, 5.41) is 1.04. The highest BCUT2D eigenvalue weighted by molar-refractivity contribution is 5.93. The number of carbonyl (C=O) groups excluding carboxylic acids is 1. The van der Waals surface area contributed by atoms with E-state index < -0.39 is 5.60 Å². The van der Waals surface area contributed by atoms with Crippen molar-refractivity contribution < 1.29 is 9.53 Å². The standard InChI is InChI=1S/C20H28N4O2/c1-13-12-24(19(25)26-20(3,4)5)14(2)11-23(13)18-8-9-22-17-7-6-15(21)10-16(17)18/h6-10,13-14H,11-12,21H2,1-5H3/t13-,14+/m0/s1. The Morgan fingerprint density at radius 2 is 1.92 bits per heavy atom. The molecular formula is C20H28N4O2. The first-order valence-electron chi connectivity index (χ1n) is 9.06. The minimum Gasteiger partial charge on any atom is -0.444 e. The predicted molar refractivity (Wildman–Crippen MR) is 105 cm³/mol. The third-order valence-electron chi connectivity index (χ3n) is 4.67. The van der Waals surface area contributed by atoms with E-state index in [0.717, 1.165) is 28.8 Å². The van der Waals surface area contributed by atoms with Gasteiger partial charge in [-0.3, -0.25) is 4.98 Å². The van der Waals surface area contributed by atoms with Crippen molar-refractivity contribution in [1.29, 1.82) is 0 Å². The van der Waals surface area contributed by atoms with Crippen LogP contribution < -0.4 is 10.6 Å².